The molecule has 2 aromatic carbocycles. The molecule has 0 amide bonds. The summed E-state index contributed by atoms with van der Waals surface area (Å²) in [5, 5.41) is 8.87. The molecule has 0 atom stereocenters. The van der Waals surface area contributed by atoms with Gasteiger partial charge in [-0.15, -0.1) is 0 Å². The number of hydrogen-bond acceptors (Lipinski definition) is 2. The summed E-state index contributed by atoms with van der Waals surface area (Å²) in [6, 6.07) is 15.7. The van der Waals surface area contributed by atoms with Gasteiger partial charge in [0, 0.05) is 6.08 Å². The minimum atomic E-state index is -0.953. The quantitative estimate of drug-likeness (QED) is 0.495. The molecular weight excluding hydrogens is 300 g/mol. The van der Waals surface area contributed by atoms with Crippen molar-refractivity contribution in [3.63, 3.8) is 0 Å². The zero-order chi connectivity index (χ0) is 17.2. The fourth-order valence-electron chi connectivity index (χ4n) is 2.52. The van der Waals surface area contributed by atoms with Crippen LogP contribution in [0.1, 0.15) is 38.2 Å². The molecule has 0 aliphatic rings. The molecule has 0 aliphatic heterocycles. The lowest BCUT2D eigenvalue weighted by atomic mass is 9.99. The molecule has 0 unspecified atom stereocenters. The van der Waals surface area contributed by atoms with E-state index in [2.05, 4.69) is 6.92 Å². The normalized spacial score (nSPS) is 10.9. The maximum absolute atomic E-state index is 10.8. The van der Waals surface area contributed by atoms with E-state index in [1.165, 1.54) is 19.3 Å². The van der Waals surface area contributed by atoms with Crippen molar-refractivity contribution in [3.8, 4) is 16.9 Å². The van der Waals surface area contributed by atoms with E-state index in [-0.39, 0.29) is 0 Å². The minimum absolute atomic E-state index is 0.707. The Labute approximate surface area is 143 Å². The van der Waals surface area contributed by atoms with Crippen LogP contribution in [-0.2, 0) is 4.79 Å². The van der Waals surface area contributed by atoms with Crippen LogP contribution in [0.3, 0.4) is 0 Å². The van der Waals surface area contributed by atoms with Gasteiger partial charge in [-0.3, -0.25) is 0 Å². The Hall–Kier alpha value is -2.55. The van der Waals surface area contributed by atoms with Crippen molar-refractivity contribution >= 4 is 12.0 Å². The number of carboxylic acids is 1. The van der Waals surface area contributed by atoms with Gasteiger partial charge in [-0.25, -0.2) is 4.79 Å². The van der Waals surface area contributed by atoms with E-state index >= 15 is 0 Å². The molecule has 0 radical (unpaired) electrons. The third-order valence-electron chi connectivity index (χ3n) is 3.78. The number of aliphatic carboxylic acids is 1. The molecule has 0 saturated heterocycles. The van der Waals surface area contributed by atoms with Gasteiger partial charge in [0.2, 0.25) is 0 Å². The van der Waals surface area contributed by atoms with E-state index in [9.17, 15) is 4.79 Å². The zero-order valence-corrected chi connectivity index (χ0v) is 14.1. The lowest BCUT2D eigenvalue weighted by Crippen LogP contribution is -1.98. The maximum Gasteiger partial charge on any atom is 0.328 e. The molecule has 3 heteroatoms. The molecular formula is C21H24O3. The Morgan fingerprint density at radius 1 is 1.08 bits per heavy atom. The Balaban J connectivity index is 2.19. The minimum Gasteiger partial charge on any atom is -0.494 e. The summed E-state index contributed by atoms with van der Waals surface area (Å²) in [5.41, 5.74) is 2.88. The van der Waals surface area contributed by atoms with Gasteiger partial charge >= 0.3 is 5.97 Å². The fourth-order valence-corrected chi connectivity index (χ4v) is 2.52. The van der Waals surface area contributed by atoms with Crippen LogP contribution in [0.2, 0.25) is 0 Å². The van der Waals surface area contributed by atoms with E-state index < -0.39 is 5.97 Å². The Bertz CT molecular complexity index is 675. The lowest BCUT2D eigenvalue weighted by Gasteiger charge is -2.11. The Morgan fingerprint density at radius 2 is 1.88 bits per heavy atom. The largest absolute Gasteiger partial charge is 0.494 e. The first-order valence-electron chi connectivity index (χ1n) is 8.44. The first-order chi connectivity index (χ1) is 11.7. The Kier molecular flexibility index (Phi) is 7.09. The predicted molar refractivity (Wildman–Crippen MR) is 98.2 cm³/mol. The van der Waals surface area contributed by atoms with Gasteiger partial charge in [0.05, 0.1) is 6.61 Å². The van der Waals surface area contributed by atoms with Gasteiger partial charge < -0.3 is 9.84 Å². The van der Waals surface area contributed by atoms with E-state index in [0.29, 0.717) is 6.61 Å². The predicted octanol–water partition coefficient (Wildman–Crippen LogP) is 5.41. The molecule has 126 valence electrons. The summed E-state index contributed by atoms with van der Waals surface area (Å²) in [6.07, 6.45) is 7.46. The topological polar surface area (TPSA) is 46.5 Å². The van der Waals surface area contributed by atoms with Crippen LogP contribution in [0.15, 0.2) is 54.6 Å². The number of rotatable bonds is 9. The molecule has 0 spiro atoms. The number of unbranched alkanes of at least 4 members (excludes halogenated alkanes) is 3. The summed E-state index contributed by atoms with van der Waals surface area (Å²) in [4.78, 5) is 10.8. The highest BCUT2D eigenvalue weighted by atomic mass is 16.5. The monoisotopic (exact) mass is 324 g/mol. The van der Waals surface area contributed by atoms with Crippen LogP contribution in [0.4, 0.5) is 0 Å². The molecule has 1 N–H and O–H groups in total. The van der Waals surface area contributed by atoms with Crippen molar-refractivity contribution in [2.45, 2.75) is 32.6 Å². The first-order valence-corrected chi connectivity index (χ1v) is 8.44. The molecule has 0 aromatic heterocycles. The van der Waals surface area contributed by atoms with Crippen LogP contribution in [0.5, 0.6) is 5.75 Å². The highest BCUT2D eigenvalue weighted by molar-refractivity contribution is 5.88. The number of carboxylic acid groups (broad SMARTS) is 1. The summed E-state index contributed by atoms with van der Waals surface area (Å²) in [6.45, 7) is 2.90. The van der Waals surface area contributed by atoms with Crippen LogP contribution in [-0.4, -0.2) is 17.7 Å². The van der Waals surface area contributed by atoms with E-state index in [0.717, 1.165) is 34.9 Å². The van der Waals surface area contributed by atoms with Crippen LogP contribution < -0.4 is 4.74 Å². The number of benzene rings is 2. The fraction of sp³-hybridized carbons (Fsp3) is 0.286. The average molecular weight is 324 g/mol. The van der Waals surface area contributed by atoms with Crippen molar-refractivity contribution in [1.82, 2.24) is 0 Å². The highest BCUT2D eigenvalue weighted by Crippen LogP contribution is 2.29. The van der Waals surface area contributed by atoms with Crippen molar-refractivity contribution in [3.05, 3.63) is 60.2 Å². The maximum atomic E-state index is 10.8. The number of hydrogen-bond donors (Lipinski definition) is 1. The summed E-state index contributed by atoms with van der Waals surface area (Å²) in [7, 11) is 0. The number of ether oxygens (including phenoxy) is 1. The SMILES string of the molecule is CCCCCCOc1ccc(C=CC(=O)O)c(-c2ccccc2)c1. The standard InChI is InChI=1S/C21H24O3/c1-2-3-4-8-15-24-19-13-11-18(12-14-21(22)23)20(16-19)17-9-6-5-7-10-17/h5-7,9-14,16H,2-4,8,15H2,1H3,(H,22,23). The van der Waals surface area contributed by atoms with Crippen molar-refractivity contribution < 1.29 is 14.6 Å². The van der Waals surface area contributed by atoms with Gasteiger partial charge in [-0.05, 0) is 41.3 Å². The van der Waals surface area contributed by atoms with Crippen LogP contribution >= 0.6 is 0 Å². The van der Waals surface area contributed by atoms with Crippen molar-refractivity contribution in [2.75, 3.05) is 6.61 Å². The summed E-state index contributed by atoms with van der Waals surface area (Å²) < 4.78 is 5.85. The van der Waals surface area contributed by atoms with E-state index in [1.807, 2.05) is 48.5 Å². The van der Waals surface area contributed by atoms with Gasteiger partial charge in [-0.1, -0.05) is 62.6 Å². The molecule has 24 heavy (non-hydrogen) atoms. The third kappa shape index (κ3) is 5.58. The van der Waals surface area contributed by atoms with Gasteiger partial charge in [0.15, 0.2) is 0 Å². The van der Waals surface area contributed by atoms with Crippen LogP contribution in [0, 0.1) is 0 Å². The second kappa shape index (κ2) is 9.56. The second-order valence-corrected chi connectivity index (χ2v) is 5.70. The van der Waals surface area contributed by atoms with Gasteiger partial charge in [-0.2, -0.15) is 0 Å². The molecule has 3 nitrogen and oxygen atoms in total. The third-order valence-corrected chi connectivity index (χ3v) is 3.78. The Morgan fingerprint density at radius 3 is 2.58 bits per heavy atom. The van der Waals surface area contributed by atoms with Gasteiger partial charge in [0.1, 0.15) is 5.75 Å². The first kappa shape index (κ1) is 17.8. The van der Waals surface area contributed by atoms with Crippen LogP contribution in [0.25, 0.3) is 17.2 Å². The summed E-state index contributed by atoms with van der Waals surface area (Å²) >= 11 is 0. The second-order valence-electron chi connectivity index (χ2n) is 5.70. The highest BCUT2D eigenvalue weighted by Gasteiger charge is 2.06. The molecule has 2 rings (SSSR count). The molecule has 0 fully saturated rings. The molecule has 0 bridgehead atoms. The molecule has 0 heterocycles. The molecule has 0 aliphatic carbocycles. The van der Waals surface area contributed by atoms with E-state index in [4.69, 9.17) is 9.84 Å². The smallest absolute Gasteiger partial charge is 0.328 e. The number of carbonyl (C=O) groups is 1. The average Bonchev–Trinajstić information content (AvgIpc) is 2.61. The van der Waals surface area contributed by atoms with E-state index in [1.54, 1.807) is 6.08 Å². The van der Waals surface area contributed by atoms with Crippen molar-refractivity contribution in [1.29, 1.82) is 0 Å². The van der Waals surface area contributed by atoms with Gasteiger partial charge in [0.25, 0.3) is 0 Å². The zero-order valence-electron chi connectivity index (χ0n) is 14.1. The molecule has 0 saturated carbocycles. The molecule has 2 aromatic rings. The lowest BCUT2D eigenvalue weighted by molar-refractivity contribution is -0.131. The summed E-state index contributed by atoms with van der Waals surface area (Å²) in [5.74, 6) is -0.136. The van der Waals surface area contributed by atoms with Crippen molar-refractivity contribution in [2.24, 2.45) is 0 Å².